The van der Waals surface area contributed by atoms with Crippen LogP contribution in [0.15, 0.2) is 48.7 Å². The number of nitrogens with one attached hydrogen (secondary N) is 1. The Labute approximate surface area is 151 Å². The molecule has 7 nitrogen and oxygen atoms in total. The molecule has 1 fully saturated rings. The van der Waals surface area contributed by atoms with Crippen molar-refractivity contribution in [2.45, 2.75) is 25.4 Å². The fourth-order valence-corrected chi connectivity index (χ4v) is 3.08. The number of hydrogen-bond acceptors (Lipinski definition) is 5. The molecule has 1 saturated heterocycles. The van der Waals surface area contributed by atoms with Gasteiger partial charge in [-0.1, -0.05) is 30.3 Å². The highest BCUT2D eigenvalue weighted by Gasteiger charge is 2.51. The topological polar surface area (TPSA) is 112 Å². The summed E-state index contributed by atoms with van der Waals surface area (Å²) in [5, 5.41) is 12.2. The lowest BCUT2D eigenvalue weighted by Gasteiger charge is -2.42. The van der Waals surface area contributed by atoms with Crippen molar-refractivity contribution in [3.8, 4) is 6.07 Å². The third-order valence-electron chi connectivity index (χ3n) is 4.51. The first-order valence-corrected chi connectivity index (χ1v) is 8.29. The van der Waals surface area contributed by atoms with Crippen LogP contribution in [0.25, 0.3) is 0 Å². The average molecular weight is 349 g/mol. The zero-order chi connectivity index (χ0) is 18.7. The minimum Gasteiger partial charge on any atom is -0.384 e. The highest BCUT2D eigenvalue weighted by atomic mass is 16.2. The number of pyridine rings is 1. The molecule has 1 aromatic carbocycles. The van der Waals surface area contributed by atoms with E-state index in [-0.39, 0.29) is 11.9 Å². The summed E-state index contributed by atoms with van der Waals surface area (Å²) < 4.78 is 0. The third-order valence-corrected chi connectivity index (χ3v) is 4.51. The number of hydrogen-bond donors (Lipinski definition) is 2. The molecule has 1 aliphatic rings. The van der Waals surface area contributed by atoms with Crippen LogP contribution in [-0.4, -0.2) is 27.9 Å². The van der Waals surface area contributed by atoms with Gasteiger partial charge in [-0.05, 0) is 36.6 Å². The number of urea groups is 1. The predicted octanol–water partition coefficient (Wildman–Crippen LogP) is 2.03. The van der Waals surface area contributed by atoms with Gasteiger partial charge >= 0.3 is 6.03 Å². The standard InChI is InChI=1S/C19H19N5O2/c1-12(14-5-3-2-4-6-14)23-19(26)24-16(11-20)15(18(24)25)9-13-7-8-22-17(21)10-13/h2-8,10,12,15-16H,9H2,1H3,(H2,21,22)(H,23,26)/t12-,15?,16?/m1/s1. The van der Waals surface area contributed by atoms with Crippen molar-refractivity contribution < 1.29 is 9.59 Å². The predicted molar refractivity (Wildman–Crippen MR) is 95.5 cm³/mol. The molecule has 26 heavy (non-hydrogen) atoms. The summed E-state index contributed by atoms with van der Waals surface area (Å²) in [5.74, 6) is -0.557. The number of likely N-dealkylation sites (tertiary alicyclic amines) is 1. The molecule has 3 atom stereocenters. The fraction of sp³-hybridized carbons (Fsp3) is 0.263. The van der Waals surface area contributed by atoms with Crippen molar-refractivity contribution in [2.75, 3.05) is 5.73 Å². The number of imide groups is 1. The van der Waals surface area contributed by atoms with Crippen LogP contribution in [-0.2, 0) is 11.2 Å². The number of β-lactam (4-membered cyclic amide) rings is 1. The zero-order valence-corrected chi connectivity index (χ0v) is 14.3. The molecule has 2 unspecified atom stereocenters. The molecule has 7 heteroatoms. The van der Waals surface area contributed by atoms with Crippen LogP contribution in [0.4, 0.5) is 10.6 Å². The van der Waals surface area contributed by atoms with Crippen molar-refractivity contribution in [1.82, 2.24) is 15.2 Å². The normalized spacial score (nSPS) is 20.0. The monoisotopic (exact) mass is 349 g/mol. The molecule has 3 amide bonds. The molecule has 3 N–H and O–H groups in total. The molecule has 0 radical (unpaired) electrons. The summed E-state index contributed by atoms with van der Waals surface area (Å²) in [7, 11) is 0. The second-order valence-electron chi connectivity index (χ2n) is 6.26. The maximum absolute atomic E-state index is 12.5. The van der Waals surface area contributed by atoms with E-state index >= 15 is 0 Å². The van der Waals surface area contributed by atoms with Gasteiger partial charge in [0.15, 0.2) is 0 Å². The van der Waals surface area contributed by atoms with Crippen LogP contribution in [0.3, 0.4) is 0 Å². The molecule has 0 bridgehead atoms. The lowest BCUT2D eigenvalue weighted by atomic mass is 9.83. The van der Waals surface area contributed by atoms with E-state index in [1.165, 1.54) is 0 Å². The number of amides is 3. The van der Waals surface area contributed by atoms with E-state index in [0.29, 0.717) is 12.2 Å². The minimum atomic E-state index is -0.792. The number of aromatic nitrogens is 1. The van der Waals surface area contributed by atoms with Gasteiger partial charge in [0.1, 0.15) is 11.9 Å². The highest BCUT2D eigenvalue weighted by Crippen LogP contribution is 2.30. The summed E-state index contributed by atoms with van der Waals surface area (Å²) in [6, 6.07) is 13.3. The third kappa shape index (κ3) is 3.35. The van der Waals surface area contributed by atoms with E-state index in [4.69, 9.17) is 5.73 Å². The number of rotatable bonds is 4. The van der Waals surface area contributed by atoms with Crippen molar-refractivity contribution in [2.24, 2.45) is 5.92 Å². The van der Waals surface area contributed by atoms with E-state index in [0.717, 1.165) is 16.0 Å². The van der Waals surface area contributed by atoms with E-state index in [1.807, 2.05) is 37.3 Å². The lowest BCUT2D eigenvalue weighted by molar-refractivity contribution is -0.146. The van der Waals surface area contributed by atoms with Gasteiger partial charge in [-0.25, -0.2) is 14.7 Å². The van der Waals surface area contributed by atoms with Gasteiger partial charge in [0, 0.05) is 6.20 Å². The van der Waals surface area contributed by atoms with Crippen LogP contribution in [0.1, 0.15) is 24.1 Å². The summed E-state index contributed by atoms with van der Waals surface area (Å²) in [5.41, 5.74) is 7.38. The molecule has 2 heterocycles. The lowest BCUT2D eigenvalue weighted by Crippen LogP contribution is -2.65. The summed E-state index contributed by atoms with van der Waals surface area (Å²) >= 11 is 0. The zero-order valence-electron chi connectivity index (χ0n) is 14.3. The molecule has 1 aliphatic heterocycles. The number of carbonyl (C=O) groups excluding carboxylic acids is 2. The first-order chi connectivity index (χ1) is 12.5. The quantitative estimate of drug-likeness (QED) is 0.820. The number of anilines is 1. The Balaban J connectivity index is 1.66. The van der Waals surface area contributed by atoms with Crippen LogP contribution >= 0.6 is 0 Å². The van der Waals surface area contributed by atoms with Crippen molar-refractivity contribution >= 4 is 17.8 Å². The number of nitrogens with two attached hydrogens (primary N) is 1. The Bertz CT molecular complexity index is 862. The molecule has 1 aromatic heterocycles. The molecular formula is C19H19N5O2. The number of benzene rings is 1. The maximum Gasteiger partial charge on any atom is 0.325 e. The highest BCUT2D eigenvalue weighted by molar-refractivity contribution is 6.02. The maximum atomic E-state index is 12.5. The van der Waals surface area contributed by atoms with E-state index in [9.17, 15) is 14.9 Å². The Kier molecular flexibility index (Phi) is 4.85. The van der Waals surface area contributed by atoms with Gasteiger partial charge in [0.05, 0.1) is 18.0 Å². The smallest absolute Gasteiger partial charge is 0.325 e. The van der Waals surface area contributed by atoms with Crippen LogP contribution in [0, 0.1) is 17.2 Å². The van der Waals surface area contributed by atoms with Gasteiger partial charge in [-0.15, -0.1) is 0 Å². The van der Waals surface area contributed by atoms with Crippen molar-refractivity contribution in [3.63, 3.8) is 0 Å². The Morgan fingerprint density at radius 3 is 2.77 bits per heavy atom. The number of nitriles is 1. The summed E-state index contributed by atoms with van der Waals surface area (Å²) in [4.78, 5) is 29.8. The van der Waals surface area contributed by atoms with Gasteiger partial charge in [0.2, 0.25) is 5.91 Å². The number of nitrogens with zero attached hydrogens (tertiary/aromatic N) is 3. The summed E-state index contributed by atoms with van der Waals surface area (Å²) in [6.45, 7) is 1.83. The van der Waals surface area contributed by atoms with E-state index in [1.54, 1.807) is 18.3 Å². The van der Waals surface area contributed by atoms with Crippen LogP contribution in [0.2, 0.25) is 0 Å². The first-order valence-electron chi connectivity index (χ1n) is 8.29. The number of carbonyl (C=O) groups is 2. The minimum absolute atomic E-state index is 0.269. The molecular weight excluding hydrogens is 330 g/mol. The SMILES string of the molecule is C[C@@H](NC(=O)N1C(=O)C(Cc2ccnc(N)c2)C1C#N)c1ccccc1. The molecule has 0 saturated carbocycles. The Hall–Kier alpha value is -3.40. The fourth-order valence-electron chi connectivity index (χ4n) is 3.08. The Morgan fingerprint density at radius 1 is 1.38 bits per heavy atom. The molecule has 2 aromatic rings. The van der Waals surface area contributed by atoms with Gasteiger partial charge in [-0.3, -0.25) is 4.79 Å². The molecule has 3 rings (SSSR count). The van der Waals surface area contributed by atoms with Gasteiger partial charge < -0.3 is 11.1 Å². The number of nitrogen functional groups attached to an aromatic ring is 1. The van der Waals surface area contributed by atoms with E-state index in [2.05, 4.69) is 16.4 Å². The van der Waals surface area contributed by atoms with Crippen molar-refractivity contribution in [3.05, 3.63) is 59.8 Å². The largest absolute Gasteiger partial charge is 0.384 e. The summed E-state index contributed by atoms with van der Waals surface area (Å²) in [6.07, 6.45) is 1.91. The van der Waals surface area contributed by atoms with Gasteiger partial charge in [-0.2, -0.15) is 5.26 Å². The average Bonchev–Trinajstić information content (AvgIpc) is 2.64. The molecule has 132 valence electrons. The first kappa shape index (κ1) is 17.4. The van der Waals surface area contributed by atoms with Gasteiger partial charge in [0.25, 0.3) is 0 Å². The molecule has 0 aliphatic carbocycles. The van der Waals surface area contributed by atoms with Crippen LogP contribution < -0.4 is 11.1 Å². The van der Waals surface area contributed by atoms with Crippen molar-refractivity contribution in [1.29, 1.82) is 5.26 Å². The second-order valence-corrected chi connectivity index (χ2v) is 6.26. The van der Waals surface area contributed by atoms with E-state index < -0.39 is 18.0 Å². The Morgan fingerprint density at radius 2 is 2.12 bits per heavy atom. The molecule has 0 spiro atoms. The van der Waals surface area contributed by atoms with Crippen LogP contribution in [0.5, 0.6) is 0 Å². The second kappa shape index (κ2) is 7.23.